The molecule has 22 nitrogen and oxygen atoms in total. The Hall–Kier alpha value is -5.67. The number of hydrogen-bond donors (Lipinski definition) is 12. The maximum atomic E-state index is 12.4. The van der Waals surface area contributed by atoms with Gasteiger partial charge in [-0.2, -0.15) is 0 Å². The zero-order valence-corrected chi connectivity index (χ0v) is 87.0. The molecule has 0 saturated heterocycles. The molecular weight excluding hydrogens is 1610 g/mol. The number of carbonyl (C=O) groups is 8. The number of ketones is 4. The van der Waals surface area contributed by atoms with Crippen LogP contribution in [0, 0.1) is 11.8 Å². The molecule has 0 heterocycles. The smallest absolute Gasteiger partial charge is 0.338 e. The number of rotatable bonds is 85. The minimum absolute atomic E-state index is 0. The number of nitrogens with one attached hydrogen (secondary N) is 5. The van der Waals surface area contributed by atoms with Gasteiger partial charge in [0.05, 0.1) is 18.6 Å². The molecule has 0 aliphatic heterocycles. The fourth-order valence-electron chi connectivity index (χ4n) is 14.7. The summed E-state index contributed by atoms with van der Waals surface area (Å²) in [5, 5.41) is 11.1. The van der Waals surface area contributed by atoms with Crippen molar-refractivity contribution in [3.05, 3.63) is 0 Å². The summed E-state index contributed by atoms with van der Waals surface area (Å²) in [4.78, 5) is 104. The van der Waals surface area contributed by atoms with Gasteiger partial charge in [0.2, 0.25) is 23.6 Å². The zero-order chi connectivity index (χ0) is 97.1. The predicted octanol–water partition coefficient (Wildman–Crippen LogP) is 24.1. The minimum atomic E-state index is -0.388. The first-order valence-electron chi connectivity index (χ1n) is 53.9. The number of aliphatic imine (C=N–C) groups is 2. The number of amides is 4. The van der Waals surface area contributed by atoms with Gasteiger partial charge in [0.15, 0.2) is 23.5 Å². The third-order valence-electron chi connectivity index (χ3n) is 23.3. The number of unbranched alkanes of at least 4 members (excludes halogenated alkanes) is 48. The van der Waals surface area contributed by atoms with E-state index in [0.717, 1.165) is 135 Å². The van der Waals surface area contributed by atoms with Crippen LogP contribution in [0.25, 0.3) is 0 Å². The highest BCUT2D eigenvalue weighted by molar-refractivity contribution is 5.90. The molecular formula is C107H223N14O8+. The Kier molecular flexibility index (Phi) is 127. The second-order valence-electron chi connectivity index (χ2n) is 36.2. The van der Waals surface area contributed by atoms with Crippen molar-refractivity contribution in [1.82, 2.24) is 21.3 Å². The van der Waals surface area contributed by atoms with Crippen LogP contribution in [0.3, 0.4) is 0 Å². The third kappa shape index (κ3) is 124. The van der Waals surface area contributed by atoms with E-state index in [-0.39, 0.29) is 84.4 Å². The second-order valence-corrected chi connectivity index (χ2v) is 36.2. The van der Waals surface area contributed by atoms with Crippen molar-refractivity contribution < 1.29 is 43.3 Å². The first-order valence-corrected chi connectivity index (χ1v) is 53.9. The Morgan fingerprint density at radius 1 is 0.256 bits per heavy atom. The lowest BCUT2D eigenvalue weighted by atomic mass is 9.96. The highest BCUT2D eigenvalue weighted by Gasteiger charge is 2.22. The second kappa shape index (κ2) is 118. The summed E-state index contributed by atoms with van der Waals surface area (Å²) >= 11 is 0. The zero-order valence-electron chi connectivity index (χ0n) is 87.0. The van der Waals surface area contributed by atoms with Gasteiger partial charge in [0.25, 0.3) is 0 Å². The van der Waals surface area contributed by atoms with Crippen LogP contribution < -0.4 is 66.4 Å². The predicted molar refractivity (Wildman–Crippen MR) is 560 cm³/mol. The van der Waals surface area contributed by atoms with Crippen LogP contribution in [0.15, 0.2) is 9.98 Å². The lowest BCUT2D eigenvalue weighted by molar-refractivity contribution is -0.459. The van der Waals surface area contributed by atoms with Gasteiger partial charge in [-0.1, -0.05) is 399 Å². The highest BCUT2D eigenvalue weighted by atomic mass is 16.2. The topological polar surface area (TPSA) is 406 Å². The van der Waals surface area contributed by atoms with E-state index in [0.29, 0.717) is 89.1 Å². The van der Waals surface area contributed by atoms with Gasteiger partial charge in [0.1, 0.15) is 11.6 Å². The number of guanidine groups is 3. The summed E-state index contributed by atoms with van der Waals surface area (Å²) in [6.07, 6.45) is 83.7. The van der Waals surface area contributed by atoms with Crippen molar-refractivity contribution in [3.8, 4) is 0 Å². The van der Waals surface area contributed by atoms with Crippen LogP contribution in [0.5, 0.6) is 0 Å². The van der Waals surface area contributed by atoms with Crippen LogP contribution >= 0.6 is 0 Å². The molecule has 0 spiro atoms. The first-order chi connectivity index (χ1) is 61.8. The molecule has 768 valence electrons. The Balaban J connectivity index is -0.000000224. The van der Waals surface area contributed by atoms with Crippen molar-refractivity contribution >= 4 is 64.6 Å². The van der Waals surface area contributed by atoms with Gasteiger partial charge in [-0.15, -0.1) is 0 Å². The lowest BCUT2D eigenvalue weighted by Gasteiger charge is -2.17. The van der Waals surface area contributed by atoms with Crippen molar-refractivity contribution in [2.75, 3.05) is 40.3 Å². The van der Waals surface area contributed by atoms with E-state index >= 15 is 0 Å². The Bertz CT molecular complexity index is 2460. The molecule has 0 aliphatic carbocycles. The molecule has 4 unspecified atom stereocenters. The Morgan fingerprint density at radius 2 is 0.496 bits per heavy atom. The minimum Gasteiger partial charge on any atom is -0.370 e. The maximum absolute atomic E-state index is 12.4. The van der Waals surface area contributed by atoms with E-state index in [9.17, 15) is 38.4 Å². The number of carbonyl (C=O) groups excluding carboxylic acids is 8. The van der Waals surface area contributed by atoms with E-state index in [1.807, 2.05) is 34.6 Å². The van der Waals surface area contributed by atoms with Crippen LogP contribution in [-0.4, -0.2) is 117 Å². The highest BCUT2D eigenvalue weighted by Crippen LogP contribution is 2.20. The Labute approximate surface area is 798 Å². The summed E-state index contributed by atoms with van der Waals surface area (Å²) in [6.45, 7) is 28.3. The molecule has 0 aliphatic rings. The summed E-state index contributed by atoms with van der Waals surface area (Å²) in [7, 11) is 3.39. The molecule has 0 radical (unpaired) electrons. The quantitative estimate of drug-likeness (QED) is 0.0153. The molecule has 22 heteroatoms. The third-order valence-corrected chi connectivity index (χ3v) is 23.3. The summed E-state index contributed by atoms with van der Waals surface area (Å²) in [6, 6.07) is -0.695. The van der Waals surface area contributed by atoms with Gasteiger partial charge in [0, 0.05) is 90.4 Å². The van der Waals surface area contributed by atoms with Gasteiger partial charge >= 0.3 is 5.96 Å². The largest absolute Gasteiger partial charge is 0.370 e. The average Bonchev–Trinajstić information content (AvgIpc) is 0.926. The molecule has 0 fully saturated rings. The molecule has 0 rings (SSSR count). The van der Waals surface area contributed by atoms with Crippen LogP contribution in [0.1, 0.15) is 559 Å². The molecule has 0 aromatic rings. The first kappa shape index (κ1) is 139. The molecule has 0 saturated carbocycles. The molecule has 4 amide bonds. The van der Waals surface area contributed by atoms with Gasteiger partial charge in [-0.05, 0) is 116 Å². The van der Waals surface area contributed by atoms with Crippen LogP contribution in [0.4, 0.5) is 0 Å². The summed E-state index contributed by atoms with van der Waals surface area (Å²) in [5.74, 6) is 2.21. The summed E-state index contributed by atoms with van der Waals surface area (Å²) in [5.41, 5.74) is 37.2. The summed E-state index contributed by atoms with van der Waals surface area (Å²) < 4.78 is 0. The fourth-order valence-corrected chi connectivity index (χ4v) is 14.7. The van der Waals surface area contributed by atoms with Crippen LogP contribution in [-0.2, 0) is 38.4 Å². The molecule has 4 atom stereocenters. The van der Waals surface area contributed by atoms with Gasteiger partial charge < -0.3 is 49.9 Å². The average molecular weight is 1830 g/mol. The molecule has 0 bridgehead atoms. The molecule has 19 N–H and O–H groups in total. The van der Waals surface area contributed by atoms with E-state index in [4.69, 9.17) is 40.1 Å². The number of Topliss-reactive ketones (excluding diaryl/α,β-unsaturated/α-hetero) is 4. The number of nitrogens with two attached hydrogens (primary N) is 7. The Morgan fingerprint density at radius 3 is 0.791 bits per heavy atom. The van der Waals surface area contributed by atoms with Gasteiger partial charge in [-0.3, -0.25) is 64.8 Å². The van der Waals surface area contributed by atoms with E-state index in [1.54, 1.807) is 14.1 Å². The van der Waals surface area contributed by atoms with Crippen molar-refractivity contribution in [2.24, 2.45) is 62.0 Å². The van der Waals surface area contributed by atoms with Crippen molar-refractivity contribution in [3.63, 3.8) is 0 Å². The lowest BCUT2D eigenvalue weighted by Crippen LogP contribution is -2.78. The number of nitrogens with zero attached hydrogens (tertiary/aromatic N) is 2. The van der Waals surface area contributed by atoms with Crippen molar-refractivity contribution in [2.45, 2.75) is 571 Å². The molecule has 0 aromatic heterocycles. The van der Waals surface area contributed by atoms with E-state index in [1.165, 1.54) is 283 Å². The monoisotopic (exact) mass is 1830 g/mol. The van der Waals surface area contributed by atoms with E-state index in [2.05, 4.69) is 84.7 Å². The molecule has 0 aromatic carbocycles. The maximum Gasteiger partial charge on any atom is 0.338 e. The van der Waals surface area contributed by atoms with E-state index < -0.39 is 0 Å². The van der Waals surface area contributed by atoms with Crippen LogP contribution in [0.2, 0.25) is 0 Å². The SMILES string of the molecule is C.CCCC(=O)C(C)CCCCN=C(N)N.CCCCCCCC(=O)C(CCC[NH+]=C(N)N)NC(=O)CCCC.CCCCCCCC(=O)NC.CCCCCCCCCCCC(=O)NC.CCCCCCCCCCCC(=O)NC(CCCCN)C(=O)CCC.CCCCCCCCCCCCC(=O)C(C)CCCN=C(N)N.CCCCCCCCCCCCCCC. The standard InChI is InChI=1S/C21H42N2O2.C19H39N3O.C18H36N4O2.C15H32.C13H27NO.C11H23N3O.C9H19NO.CH4/c1-3-5-6-7-8-9-10-11-12-17-21(25)23-19(16-13-14-18-22)20(24)15-4-2;1-3-4-5-6-7-8-9-10-11-12-15-18(23)17(2)14-13-16-22-19(20)21;1-3-5-7-8-9-12-16(23)15(11-10-14-21-18(19)20)22-17(24)13-6-4-2;1-3-5-7-9-11-13-15-14-12-10-8-6-4-2;1-3-4-5-6-7-8-9-10-11-12-13(15)14-2;1-3-6-10(15)9(2)7-4-5-8-14-11(12)13;1-3-4-5-6-7-8-9(11)10-2;/h19H,3-18,22H2,1-2H3,(H,23,25);17H,3-16H2,1-2H3,(H4,20,21,22);15H,3-14H2,1-2H3,(H,22,24)(H4,19,20,21);3-15H2,1-2H3;3-12H2,1-2H3,(H,14,15);9H,3-8H2,1-2H3,(H4,12,13,14);3-8H2,1-2H3,(H,10,11);1H4/p+1. The fraction of sp³-hybridized carbons (Fsp3) is 0.897. The van der Waals surface area contributed by atoms with Gasteiger partial charge in [-0.25, -0.2) is 0 Å². The normalized spacial score (nSPS) is 11.4. The van der Waals surface area contributed by atoms with Crippen molar-refractivity contribution in [1.29, 1.82) is 0 Å². The molecule has 129 heavy (non-hydrogen) atoms. The number of hydrogen-bond acceptors (Lipinski definition) is 11.